The van der Waals surface area contributed by atoms with Gasteiger partial charge in [-0.3, -0.25) is 10.1 Å². The standard InChI is InChI=1S/C10H17NO5.C9H20/c1-6-14-7(5-8(12)15-6)11-9(13)16-10(2,3)4;1-3-5-7-9-8-6-4-2/h6-7H,5H2,1-4H3,(H,11,13);3-9H2,1-2H3. The van der Waals surface area contributed by atoms with E-state index in [1.165, 1.54) is 44.9 Å². The number of carbonyl (C=O) groups is 2. The molecular formula is C19H37NO5. The Labute approximate surface area is 153 Å². The number of nitrogens with one attached hydrogen (secondary N) is 1. The largest absolute Gasteiger partial charge is 0.444 e. The predicted octanol–water partition coefficient (Wildman–Crippen LogP) is 4.90. The van der Waals surface area contributed by atoms with Gasteiger partial charge in [0.1, 0.15) is 11.8 Å². The minimum atomic E-state index is -0.689. The summed E-state index contributed by atoms with van der Waals surface area (Å²) < 4.78 is 15.0. The summed E-state index contributed by atoms with van der Waals surface area (Å²) in [4.78, 5) is 22.4. The molecule has 0 saturated carbocycles. The van der Waals surface area contributed by atoms with E-state index >= 15 is 0 Å². The van der Waals surface area contributed by atoms with E-state index in [0.717, 1.165) is 0 Å². The van der Waals surface area contributed by atoms with E-state index in [2.05, 4.69) is 19.2 Å². The van der Waals surface area contributed by atoms with E-state index in [9.17, 15) is 9.59 Å². The molecule has 6 nitrogen and oxygen atoms in total. The van der Waals surface area contributed by atoms with Gasteiger partial charge in [0.2, 0.25) is 6.29 Å². The van der Waals surface area contributed by atoms with Gasteiger partial charge in [-0.15, -0.1) is 0 Å². The van der Waals surface area contributed by atoms with Gasteiger partial charge in [-0.25, -0.2) is 4.79 Å². The van der Waals surface area contributed by atoms with Crippen LogP contribution in [-0.4, -0.2) is 30.2 Å². The topological polar surface area (TPSA) is 73.9 Å². The number of rotatable bonds is 7. The fraction of sp³-hybridized carbons (Fsp3) is 0.895. The van der Waals surface area contributed by atoms with Crippen LogP contribution in [0.3, 0.4) is 0 Å². The van der Waals surface area contributed by atoms with E-state index in [-0.39, 0.29) is 6.42 Å². The molecule has 1 rings (SSSR count). The molecule has 6 heteroatoms. The molecule has 1 saturated heterocycles. The number of amides is 1. The van der Waals surface area contributed by atoms with Crippen molar-refractivity contribution in [2.75, 3.05) is 0 Å². The third-order valence-corrected chi connectivity index (χ3v) is 3.39. The number of unbranched alkanes of at least 4 members (excludes halogenated alkanes) is 6. The molecule has 1 amide bonds. The van der Waals surface area contributed by atoms with E-state index < -0.39 is 30.2 Å². The normalized spacial score (nSPS) is 20.2. The Hall–Kier alpha value is -1.30. The number of hydrogen-bond donors (Lipinski definition) is 1. The molecule has 2 unspecified atom stereocenters. The van der Waals surface area contributed by atoms with Crippen LogP contribution < -0.4 is 5.32 Å². The van der Waals surface area contributed by atoms with Gasteiger partial charge in [-0.2, -0.15) is 0 Å². The molecule has 0 aliphatic carbocycles. The van der Waals surface area contributed by atoms with Crippen molar-refractivity contribution in [1.29, 1.82) is 0 Å². The molecule has 2 atom stereocenters. The van der Waals surface area contributed by atoms with Gasteiger partial charge >= 0.3 is 12.1 Å². The van der Waals surface area contributed by atoms with Crippen LogP contribution in [0.1, 0.15) is 92.9 Å². The molecule has 0 aromatic rings. The highest BCUT2D eigenvalue weighted by Gasteiger charge is 2.28. The lowest BCUT2D eigenvalue weighted by molar-refractivity contribution is -0.212. The monoisotopic (exact) mass is 359 g/mol. The van der Waals surface area contributed by atoms with E-state index in [1.54, 1.807) is 27.7 Å². The maximum atomic E-state index is 11.4. The number of alkyl carbamates (subject to hydrolysis) is 1. The summed E-state index contributed by atoms with van der Waals surface area (Å²) in [5, 5.41) is 2.45. The summed E-state index contributed by atoms with van der Waals surface area (Å²) in [7, 11) is 0. The molecule has 0 aromatic heterocycles. The van der Waals surface area contributed by atoms with Crippen LogP contribution >= 0.6 is 0 Å². The van der Waals surface area contributed by atoms with Gasteiger partial charge in [0.15, 0.2) is 0 Å². The SMILES string of the molecule is CC1OC(=O)CC(NC(=O)OC(C)(C)C)O1.CCCCCCCCC. The number of hydrogen-bond acceptors (Lipinski definition) is 5. The van der Waals surface area contributed by atoms with Gasteiger partial charge in [0.05, 0.1) is 6.42 Å². The van der Waals surface area contributed by atoms with Crippen molar-refractivity contribution in [1.82, 2.24) is 5.32 Å². The zero-order chi connectivity index (χ0) is 19.3. The molecule has 1 aliphatic heterocycles. The third-order valence-electron chi connectivity index (χ3n) is 3.39. The van der Waals surface area contributed by atoms with Gasteiger partial charge in [0.25, 0.3) is 0 Å². The lowest BCUT2D eigenvalue weighted by Gasteiger charge is -2.28. The van der Waals surface area contributed by atoms with Crippen molar-refractivity contribution in [2.24, 2.45) is 0 Å². The van der Waals surface area contributed by atoms with Crippen LogP contribution in [0.2, 0.25) is 0 Å². The molecule has 0 bridgehead atoms. The second-order valence-corrected chi connectivity index (χ2v) is 7.30. The Bertz CT molecular complexity index is 373. The van der Waals surface area contributed by atoms with Crippen LogP contribution in [0.5, 0.6) is 0 Å². The average molecular weight is 360 g/mol. The fourth-order valence-electron chi connectivity index (χ4n) is 2.25. The molecule has 0 aromatic carbocycles. The average Bonchev–Trinajstić information content (AvgIpc) is 2.44. The van der Waals surface area contributed by atoms with Crippen LogP contribution in [0, 0.1) is 0 Å². The van der Waals surface area contributed by atoms with Gasteiger partial charge in [0, 0.05) is 0 Å². The number of carbonyl (C=O) groups excluding carboxylic acids is 2. The Morgan fingerprint density at radius 2 is 1.64 bits per heavy atom. The first-order valence-corrected chi connectivity index (χ1v) is 9.52. The van der Waals surface area contributed by atoms with Crippen molar-refractivity contribution in [3.63, 3.8) is 0 Å². The third kappa shape index (κ3) is 14.7. The Balaban J connectivity index is 0.000000547. The second kappa shape index (κ2) is 13.0. The van der Waals surface area contributed by atoms with E-state index in [4.69, 9.17) is 14.2 Å². The molecule has 1 fully saturated rings. The van der Waals surface area contributed by atoms with Crippen LogP contribution in [0.25, 0.3) is 0 Å². The van der Waals surface area contributed by atoms with Crippen molar-refractivity contribution >= 4 is 12.1 Å². The Morgan fingerprint density at radius 1 is 1.12 bits per heavy atom. The first-order chi connectivity index (χ1) is 11.7. The van der Waals surface area contributed by atoms with Crippen LogP contribution in [0.15, 0.2) is 0 Å². The van der Waals surface area contributed by atoms with E-state index in [1.807, 2.05) is 0 Å². The van der Waals surface area contributed by atoms with Crippen molar-refractivity contribution in [3.05, 3.63) is 0 Å². The minimum Gasteiger partial charge on any atom is -0.444 e. The highest BCUT2D eigenvalue weighted by atomic mass is 16.7. The molecule has 1 N–H and O–H groups in total. The molecule has 1 aliphatic rings. The number of ether oxygens (including phenoxy) is 3. The molecular weight excluding hydrogens is 322 g/mol. The summed E-state index contributed by atoms with van der Waals surface area (Å²) >= 11 is 0. The van der Waals surface area contributed by atoms with Crippen LogP contribution in [-0.2, 0) is 19.0 Å². The number of esters is 1. The summed E-state index contributed by atoms with van der Waals surface area (Å²) in [6, 6.07) is 0. The van der Waals surface area contributed by atoms with Crippen molar-refractivity contribution in [3.8, 4) is 0 Å². The number of cyclic esters (lactones) is 1. The minimum absolute atomic E-state index is 0.0103. The van der Waals surface area contributed by atoms with Crippen molar-refractivity contribution < 1.29 is 23.8 Å². The first-order valence-electron chi connectivity index (χ1n) is 9.52. The highest BCUT2D eigenvalue weighted by Crippen LogP contribution is 2.13. The maximum Gasteiger partial charge on any atom is 0.409 e. The molecule has 1 heterocycles. The van der Waals surface area contributed by atoms with Crippen LogP contribution in [0.4, 0.5) is 4.79 Å². The predicted molar refractivity (Wildman–Crippen MR) is 98.1 cm³/mol. The fourth-order valence-corrected chi connectivity index (χ4v) is 2.25. The lowest BCUT2D eigenvalue weighted by Crippen LogP contribution is -2.46. The maximum absolute atomic E-state index is 11.4. The smallest absolute Gasteiger partial charge is 0.409 e. The highest BCUT2D eigenvalue weighted by molar-refractivity contribution is 5.73. The molecule has 148 valence electrons. The molecule has 0 spiro atoms. The molecule has 0 radical (unpaired) electrons. The Kier molecular flexibility index (Phi) is 12.3. The summed E-state index contributed by atoms with van der Waals surface area (Å²) in [6.07, 6.45) is 8.01. The first kappa shape index (κ1) is 23.7. The second-order valence-electron chi connectivity index (χ2n) is 7.30. The summed E-state index contributed by atoms with van der Waals surface area (Å²) in [5.74, 6) is -0.403. The lowest BCUT2D eigenvalue weighted by atomic mass is 10.1. The summed E-state index contributed by atoms with van der Waals surface area (Å²) in [5.41, 5.74) is -0.578. The van der Waals surface area contributed by atoms with E-state index in [0.29, 0.717) is 0 Å². The van der Waals surface area contributed by atoms with Gasteiger partial charge in [-0.1, -0.05) is 58.8 Å². The van der Waals surface area contributed by atoms with Gasteiger partial charge < -0.3 is 14.2 Å². The molecule has 25 heavy (non-hydrogen) atoms. The zero-order valence-corrected chi connectivity index (χ0v) is 16.9. The quantitative estimate of drug-likeness (QED) is 0.517. The Morgan fingerprint density at radius 3 is 2.08 bits per heavy atom. The van der Waals surface area contributed by atoms with Crippen molar-refractivity contribution in [2.45, 2.75) is 111 Å². The van der Waals surface area contributed by atoms with Gasteiger partial charge in [-0.05, 0) is 27.7 Å². The zero-order valence-electron chi connectivity index (χ0n) is 16.9. The summed E-state index contributed by atoms with van der Waals surface area (Å²) in [6.45, 7) is 11.4.